The first kappa shape index (κ1) is 11.7. The minimum absolute atomic E-state index is 0.196. The molecule has 88 valence electrons. The first-order valence-electron chi connectivity index (χ1n) is 5.97. The second-order valence-electron chi connectivity index (χ2n) is 5.03. The first-order chi connectivity index (χ1) is 7.19. The Morgan fingerprint density at radius 3 is 2.60 bits per heavy atom. The Morgan fingerprint density at radius 1 is 1.40 bits per heavy atom. The molecule has 3 heteroatoms. The minimum atomic E-state index is 0.196. The van der Waals surface area contributed by atoms with Gasteiger partial charge in [-0.3, -0.25) is 0 Å². The van der Waals surface area contributed by atoms with Gasteiger partial charge in [0.05, 0.1) is 18.8 Å². The van der Waals surface area contributed by atoms with Gasteiger partial charge in [0.1, 0.15) is 0 Å². The highest BCUT2D eigenvalue weighted by atomic mass is 35.5. The van der Waals surface area contributed by atoms with Crippen LogP contribution in [0.25, 0.3) is 0 Å². The number of ether oxygens (including phenoxy) is 2. The van der Waals surface area contributed by atoms with Crippen LogP contribution < -0.4 is 0 Å². The lowest BCUT2D eigenvalue weighted by molar-refractivity contribution is -0.144. The van der Waals surface area contributed by atoms with Crippen molar-refractivity contribution < 1.29 is 9.47 Å². The van der Waals surface area contributed by atoms with E-state index < -0.39 is 0 Å². The zero-order valence-electron chi connectivity index (χ0n) is 9.67. The average Bonchev–Trinajstić information content (AvgIpc) is 2.69. The maximum atomic E-state index is 6.36. The van der Waals surface area contributed by atoms with Gasteiger partial charge in [0, 0.05) is 17.9 Å². The lowest BCUT2D eigenvalue weighted by atomic mass is 9.64. The van der Waals surface area contributed by atoms with Crippen molar-refractivity contribution in [1.29, 1.82) is 0 Å². The summed E-state index contributed by atoms with van der Waals surface area (Å²) in [6.45, 7) is 2.76. The fourth-order valence-electron chi connectivity index (χ4n) is 3.11. The van der Waals surface area contributed by atoms with E-state index in [-0.39, 0.29) is 6.10 Å². The molecule has 2 aliphatic carbocycles. The zero-order chi connectivity index (χ0) is 10.9. The minimum Gasteiger partial charge on any atom is -0.382 e. The number of alkyl halides is 1. The molecule has 1 spiro atoms. The van der Waals surface area contributed by atoms with Crippen molar-refractivity contribution in [2.75, 3.05) is 13.7 Å². The lowest BCUT2D eigenvalue weighted by Crippen LogP contribution is -2.55. The molecule has 0 saturated heterocycles. The molecule has 2 nitrogen and oxygen atoms in total. The molecular formula is C12H21ClO2. The average molecular weight is 233 g/mol. The summed E-state index contributed by atoms with van der Waals surface area (Å²) < 4.78 is 11.1. The van der Waals surface area contributed by atoms with Crippen molar-refractivity contribution in [2.45, 2.75) is 56.6 Å². The molecule has 0 aromatic heterocycles. The molecule has 3 unspecified atom stereocenters. The van der Waals surface area contributed by atoms with Gasteiger partial charge >= 0.3 is 0 Å². The van der Waals surface area contributed by atoms with Crippen LogP contribution in [0.2, 0.25) is 0 Å². The first-order valence-corrected chi connectivity index (χ1v) is 6.41. The summed E-state index contributed by atoms with van der Waals surface area (Å²) in [7, 11) is 1.72. The van der Waals surface area contributed by atoms with E-state index in [0.29, 0.717) is 23.5 Å². The van der Waals surface area contributed by atoms with Gasteiger partial charge in [-0.1, -0.05) is 12.8 Å². The highest BCUT2D eigenvalue weighted by Crippen LogP contribution is 2.57. The van der Waals surface area contributed by atoms with Crippen molar-refractivity contribution in [1.82, 2.24) is 0 Å². The van der Waals surface area contributed by atoms with E-state index in [1.54, 1.807) is 7.11 Å². The molecule has 0 heterocycles. The number of rotatable bonds is 4. The lowest BCUT2D eigenvalue weighted by Gasteiger charge is -2.52. The van der Waals surface area contributed by atoms with Crippen LogP contribution in [0.1, 0.15) is 39.0 Å². The summed E-state index contributed by atoms with van der Waals surface area (Å²) in [4.78, 5) is 0. The molecule has 0 amide bonds. The number of halogens is 1. The highest BCUT2D eigenvalue weighted by Gasteiger charge is 2.56. The molecule has 0 radical (unpaired) electrons. The van der Waals surface area contributed by atoms with Crippen molar-refractivity contribution in [3.8, 4) is 0 Å². The van der Waals surface area contributed by atoms with E-state index in [2.05, 4.69) is 6.92 Å². The smallest absolute Gasteiger partial charge is 0.0784 e. The molecular weight excluding hydrogens is 212 g/mol. The van der Waals surface area contributed by atoms with E-state index in [1.807, 2.05) is 0 Å². The van der Waals surface area contributed by atoms with Gasteiger partial charge in [0.15, 0.2) is 0 Å². The summed E-state index contributed by atoms with van der Waals surface area (Å²) in [5, 5.41) is 0.347. The van der Waals surface area contributed by atoms with E-state index in [4.69, 9.17) is 21.1 Å². The van der Waals surface area contributed by atoms with E-state index in [0.717, 1.165) is 6.42 Å². The Labute approximate surface area is 97.3 Å². The second kappa shape index (κ2) is 4.60. The molecule has 15 heavy (non-hydrogen) atoms. The maximum Gasteiger partial charge on any atom is 0.0784 e. The summed E-state index contributed by atoms with van der Waals surface area (Å²) in [5.41, 5.74) is 0.309. The molecule has 2 saturated carbocycles. The third-order valence-corrected chi connectivity index (χ3v) is 4.63. The normalized spacial score (nSPS) is 35.4. The van der Waals surface area contributed by atoms with Gasteiger partial charge in [-0.15, -0.1) is 11.6 Å². The van der Waals surface area contributed by atoms with Gasteiger partial charge in [0.25, 0.3) is 0 Å². The van der Waals surface area contributed by atoms with E-state index in [1.165, 1.54) is 25.7 Å². The van der Waals surface area contributed by atoms with Crippen LogP contribution in [0.3, 0.4) is 0 Å². The topological polar surface area (TPSA) is 18.5 Å². The molecule has 2 fully saturated rings. The highest BCUT2D eigenvalue weighted by molar-refractivity contribution is 6.21. The Balaban J connectivity index is 1.88. The monoisotopic (exact) mass is 232 g/mol. The van der Waals surface area contributed by atoms with E-state index >= 15 is 0 Å². The van der Waals surface area contributed by atoms with Crippen molar-refractivity contribution in [3.05, 3.63) is 0 Å². The zero-order valence-corrected chi connectivity index (χ0v) is 10.4. The molecule has 0 bridgehead atoms. The number of methoxy groups -OCH3 is 1. The standard InChI is InChI=1S/C12H21ClO2/c1-9(8-14-2)15-11-7-10(13)12(11)5-3-4-6-12/h9-11H,3-8H2,1-2H3. The fraction of sp³-hybridized carbons (Fsp3) is 1.00. The predicted molar refractivity (Wildman–Crippen MR) is 61.4 cm³/mol. The molecule has 0 aromatic carbocycles. The van der Waals surface area contributed by atoms with Crippen LogP contribution in [-0.4, -0.2) is 31.3 Å². The van der Waals surface area contributed by atoms with Gasteiger partial charge in [-0.2, -0.15) is 0 Å². The number of hydrogen-bond acceptors (Lipinski definition) is 2. The molecule has 0 N–H and O–H groups in total. The summed E-state index contributed by atoms with van der Waals surface area (Å²) in [6.07, 6.45) is 6.75. The van der Waals surface area contributed by atoms with E-state index in [9.17, 15) is 0 Å². The van der Waals surface area contributed by atoms with Gasteiger partial charge in [-0.25, -0.2) is 0 Å². The van der Waals surface area contributed by atoms with Crippen LogP contribution in [-0.2, 0) is 9.47 Å². The van der Waals surface area contributed by atoms with Gasteiger partial charge in [-0.05, 0) is 26.2 Å². The fourth-order valence-corrected chi connectivity index (χ4v) is 3.63. The largest absolute Gasteiger partial charge is 0.382 e. The number of hydrogen-bond donors (Lipinski definition) is 0. The van der Waals surface area contributed by atoms with Crippen molar-refractivity contribution in [2.24, 2.45) is 5.41 Å². The molecule has 0 aliphatic heterocycles. The van der Waals surface area contributed by atoms with Crippen LogP contribution >= 0.6 is 11.6 Å². The third kappa shape index (κ3) is 2.04. The molecule has 0 aromatic rings. The van der Waals surface area contributed by atoms with Gasteiger partial charge in [0.2, 0.25) is 0 Å². The SMILES string of the molecule is COCC(C)OC1CC(Cl)C12CCCC2. The molecule has 2 aliphatic rings. The molecule has 2 rings (SSSR count). The van der Waals surface area contributed by atoms with Crippen LogP contribution in [0, 0.1) is 5.41 Å². The van der Waals surface area contributed by atoms with Crippen LogP contribution in [0.4, 0.5) is 0 Å². The van der Waals surface area contributed by atoms with Crippen molar-refractivity contribution in [3.63, 3.8) is 0 Å². The Bertz CT molecular complexity index is 214. The predicted octanol–water partition coefficient (Wildman–Crippen LogP) is 2.98. The Morgan fingerprint density at radius 2 is 2.07 bits per heavy atom. The molecule has 3 atom stereocenters. The third-order valence-electron chi connectivity index (χ3n) is 4.02. The quantitative estimate of drug-likeness (QED) is 0.694. The summed E-state index contributed by atoms with van der Waals surface area (Å²) in [6, 6.07) is 0. The second-order valence-corrected chi connectivity index (χ2v) is 5.56. The van der Waals surface area contributed by atoms with Gasteiger partial charge < -0.3 is 9.47 Å². The van der Waals surface area contributed by atoms with Crippen LogP contribution in [0.5, 0.6) is 0 Å². The summed E-state index contributed by atoms with van der Waals surface area (Å²) in [5.74, 6) is 0. The van der Waals surface area contributed by atoms with Crippen molar-refractivity contribution >= 4 is 11.6 Å². The van der Waals surface area contributed by atoms with Crippen LogP contribution in [0.15, 0.2) is 0 Å². The summed E-state index contributed by atoms with van der Waals surface area (Å²) >= 11 is 6.36. The Hall–Kier alpha value is 0.210. The maximum absolute atomic E-state index is 6.36. The Kier molecular flexibility index (Phi) is 3.59.